The molecule has 1 N–H and O–H groups in total. The standard InChI is InChI=1S/C17H23NS/c1-5-6-15-7-9-16(10-8-15)18-13(3)17-11-12(2)19-14(17)4/h7-11,13,18H,5-6H2,1-4H3. The monoisotopic (exact) mass is 273 g/mol. The first-order chi connectivity index (χ1) is 9.10. The molecule has 0 radical (unpaired) electrons. The highest BCUT2D eigenvalue weighted by Crippen LogP contribution is 2.28. The molecule has 0 saturated heterocycles. The van der Waals surface area contributed by atoms with E-state index in [0.29, 0.717) is 6.04 Å². The minimum absolute atomic E-state index is 0.363. The first-order valence-corrected chi connectivity index (χ1v) is 7.84. The molecule has 1 aromatic carbocycles. The Morgan fingerprint density at radius 3 is 2.37 bits per heavy atom. The molecule has 1 nitrogen and oxygen atoms in total. The van der Waals surface area contributed by atoms with Gasteiger partial charge in [0.2, 0.25) is 0 Å². The zero-order chi connectivity index (χ0) is 13.8. The van der Waals surface area contributed by atoms with Crippen LogP contribution in [-0.2, 0) is 6.42 Å². The summed E-state index contributed by atoms with van der Waals surface area (Å²) in [7, 11) is 0. The van der Waals surface area contributed by atoms with Crippen molar-refractivity contribution in [3.63, 3.8) is 0 Å². The Balaban J connectivity index is 2.06. The summed E-state index contributed by atoms with van der Waals surface area (Å²) in [6.07, 6.45) is 2.37. The number of anilines is 1. The molecule has 0 aliphatic rings. The van der Waals surface area contributed by atoms with E-state index >= 15 is 0 Å². The molecule has 2 aromatic rings. The Labute approximate surface area is 120 Å². The van der Waals surface area contributed by atoms with Crippen LogP contribution in [0.5, 0.6) is 0 Å². The first-order valence-electron chi connectivity index (χ1n) is 7.02. The number of thiophene rings is 1. The number of hydrogen-bond acceptors (Lipinski definition) is 2. The maximum atomic E-state index is 3.59. The van der Waals surface area contributed by atoms with Gasteiger partial charge in [0.25, 0.3) is 0 Å². The van der Waals surface area contributed by atoms with Gasteiger partial charge in [-0.05, 0) is 56.5 Å². The molecule has 2 rings (SSSR count). The van der Waals surface area contributed by atoms with Crippen molar-refractivity contribution >= 4 is 17.0 Å². The van der Waals surface area contributed by atoms with Crippen LogP contribution < -0.4 is 5.32 Å². The van der Waals surface area contributed by atoms with Crippen molar-refractivity contribution in [3.05, 3.63) is 51.2 Å². The molecule has 1 aromatic heterocycles. The number of benzene rings is 1. The SMILES string of the molecule is CCCc1ccc(NC(C)c2cc(C)sc2C)cc1. The lowest BCUT2D eigenvalue weighted by Gasteiger charge is -2.15. The van der Waals surface area contributed by atoms with Crippen molar-refractivity contribution in [2.75, 3.05) is 5.32 Å². The van der Waals surface area contributed by atoms with Crippen molar-refractivity contribution < 1.29 is 0 Å². The predicted octanol–water partition coefficient (Wildman–Crippen LogP) is 5.49. The molecule has 19 heavy (non-hydrogen) atoms. The quantitative estimate of drug-likeness (QED) is 0.759. The van der Waals surface area contributed by atoms with Crippen LogP contribution in [-0.4, -0.2) is 0 Å². The van der Waals surface area contributed by atoms with Gasteiger partial charge in [0, 0.05) is 21.5 Å². The summed E-state index contributed by atoms with van der Waals surface area (Å²) in [6, 6.07) is 11.5. The summed E-state index contributed by atoms with van der Waals surface area (Å²) in [5.74, 6) is 0. The van der Waals surface area contributed by atoms with E-state index in [9.17, 15) is 0 Å². The van der Waals surface area contributed by atoms with Gasteiger partial charge in [-0.25, -0.2) is 0 Å². The lowest BCUT2D eigenvalue weighted by atomic mass is 10.1. The molecule has 1 atom stereocenters. The summed E-state index contributed by atoms with van der Waals surface area (Å²) < 4.78 is 0. The van der Waals surface area contributed by atoms with Crippen LogP contribution in [0.1, 0.15) is 47.2 Å². The fraction of sp³-hybridized carbons (Fsp3) is 0.412. The molecular weight excluding hydrogens is 250 g/mol. The van der Waals surface area contributed by atoms with Crippen LogP contribution in [0.2, 0.25) is 0 Å². The molecule has 102 valence electrons. The van der Waals surface area contributed by atoms with E-state index in [4.69, 9.17) is 0 Å². The second-order valence-electron chi connectivity index (χ2n) is 5.18. The molecule has 0 aliphatic carbocycles. The summed E-state index contributed by atoms with van der Waals surface area (Å²) in [5.41, 5.74) is 4.04. The average molecular weight is 273 g/mol. The summed E-state index contributed by atoms with van der Waals surface area (Å²) in [5, 5.41) is 3.59. The Morgan fingerprint density at radius 1 is 1.16 bits per heavy atom. The number of aryl methyl sites for hydroxylation is 3. The zero-order valence-corrected chi connectivity index (χ0v) is 13.1. The van der Waals surface area contributed by atoms with E-state index in [1.165, 1.54) is 39.4 Å². The van der Waals surface area contributed by atoms with Crippen LogP contribution in [0.15, 0.2) is 30.3 Å². The summed E-state index contributed by atoms with van der Waals surface area (Å²) in [4.78, 5) is 2.81. The van der Waals surface area contributed by atoms with Gasteiger partial charge in [0.15, 0.2) is 0 Å². The van der Waals surface area contributed by atoms with Gasteiger partial charge in [0.05, 0.1) is 0 Å². The average Bonchev–Trinajstić information content (AvgIpc) is 2.71. The molecule has 0 saturated carbocycles. The number of rotatable bonds is 5. The normalized spacial score (nSPS) is 12.4. The minimum Gasteiger partial charge on any atom is -0.378 e. The molecular formula is C17H23NS. The van der Waals surface area contributed by atoms with Gasteiger partial charge < -0.3 is 5.32 Å². The third-order valence-corrected chi connectivity index (χ3v) is 4.40. The lowest BCUT2D eigenvalue weighted by molar-refractivity contribution is 0.880. The van der Waals surface area contributed by atoms with Crippen LogP contribution >= 0.6 is 11.3 Å². The fourth-order valence-corrected chi connectivity index (χ4v) is 3.49. The lowest BCUT2D eigenvalue weighted by Crippen LogP contribution is -2.06. The number of nitrogens with one attached hydrogen (secondary N) is 1. The van der Waals surface area contributed by atoms with Gasteiger partial charge in [-0.2, -0.15) is 0 Å². The molecule has 0 bridgehead atoms. The van der Waals surface area contributed by atoms with Gasteiger partial charge in [-0.3, -0.25) is 0 Å². The van der Waals surface area contributed by atoms with E-state index in [0.717, 1.165) is 0 Å². The summed E-state index contributed by atoms with van der Waals surface area (Å²) in [6.45, 7) is 8.83. The number of hydrogen-bond donors (Lipinski definition) is 1. The second kappa shape index (κ2) is 6.25. The van der Waals surface area contributed by atoms with Crippen LogP contribution in [0.3, 0.4) is 0 Å². The fourth-order valence-electron chi connectivity index (χ4n) is 2.46. The Hall–Kier alpha value is -1.28. The first kappa shape index (κ1) is 14.1. The van der Waals surface area contributed by atoms with E-state index in [1.54, 1.807) is 0 Å². The predicted molar refractivity (Wildman–Crippen MR) is 86.3 cm³/mol. The molecule has 0 spiro atoms. The topological polar surface area (TPSA) is 12.0 Å². The van der Waals surface area contributed by atoms with E-state index in [1.807, 2.05) is 11.3 Å². The smallest absolute Gasteiger partial charge is 0.0496 e. The highest BCUT2D eigenvalue weighted by molar-refractivity contribution is 7.12. The second-order valence-corrected chi connectivity index (χ2v) is 6.64. The maximum Gasteiger partial charge on any atom is 0.0496 e. The molecule has 2 heteroatoms. The Bertz CT molecular complexity index is 525. The molecule has 0 fully saturated rings. The molecule has 1 heterocycles. The molecule has 0 aliphatic heterocycles. The van der Waals surface area contributed by atoms with Crippen molar-refractivity contribution in [1.29, 1.82) is 0 Å². The van der Waals surface area contributed by atoms with E-state index < -0.39 is 0 Å². The van der Waals surface area contributed by atoms with Crippen LogP contribution in [0.4, 0.5) is 5.69 Å². The Morgan fingerprint density at radius 2 is 1.84 bits per heavy atom. The van der Waals surface area contributed by atoms with Crippen LogP contribution in [0, 0.1) is 13.8 Å². The third-order valence-electron chi connectivity index (χ3n) is 3.42. The van der Waals surface area contributed by atoms with Gasteiger partial charge in [0.1, 0.15) is 0 Å². The van der Waals surface area contributed by atoms with E-state index in [2.05, 4.69) is 63.3 Å². The minimum atomic E-state index is 0.363. The maximum absolute atomic E-state index is 3.59. The molecule has 0 amide bonds. The van der Waals surface area contributed by atoms with Crippen molar-refractivity contribution in [2.24, 2.45) is 0 Å². The zero-order valence-electron chi connectivity index (χ0n) is 12.3. The van der Waals surface area contributed by atoms with Crippen molar-refractivity contribution in [3.8, 4) is 0 Å². The van der Waals surface area contributed by atoms with Gasteiger partial charge in [-0.1, -0.05) is 25.5 Å². The van der Waals surface area contributed by atoms with Crippen molar-refractivity contribution in [1.82, 2.24) is 0 Å². The van der Waals surface area contributed by atoms with E-state index in [-0.39, 0.29) is 0 Å². The van der Waals surface area contributed by atoms with Gasteiger partial charge in [-0.15, -0.1) is 11.3 Å². The van der Waals surface area contributed by atoms with Crippen molar-refractivity contribution in [2.45, 2.75) is 46.6 Å². The highest BCUT2D eigenvalue weighted by Gasteiger charge is 2.10. The Kier molecular flexibility index (Phi) is 4.65. The highest BCUT2D eigenvalue weighted by atomic mass is 32.1. The third kappa shape index (κ3) is 3.60. The largest absolute Gasteiger partial charge is 0.378 e. The van der Waals surface area contributed by atoms with Crippen LogP contribution in [0.25, 0.3) is 0 Å². The van der Waals surface area contributed by atoms with Gasteiger partial charge >= 0.3 is 0 Å². The summed E-state index contributed by atoms with van der Waals surface area (Å²) >= 11 is 1.88. The molecule has 1 unspecified atom stereocenters.